The summed E-state index contributed by atoms with van der Waals surface area (Å²) in [5, 5.41) is 0. The van der Waals surface area contributed by atoms with Gasteiger partial charge in [-0.15, -0.1) is 0 Å². The maximum Gasteiger partial charge on any atom is 0.337 e. The summed E-state index contributed by atoms with van der Waals surface area (Å²) in [6.07, 6.45) is 5.48. The second kappa shape index (κ2) is 4.56. The Labute approximate surface area is 139 Å². The van der Waals surface area contributed by atoms with Crippen molar-refractivity contribution >= 4 is 23.5 Å². The fourth-order valence-electron chi connectivity index (χ4n) is 5.08. The van der Waals surface area contributed by atoms with Gasteiger partial charge < -0.3 is 4.74 Å². The van der Waals surface area contributed by atoms with Crippen LogP contribution in [0.25, 0.3) is 0 Å². The third-order valence-electron chi connectivity index (χ3n) is 6.21. The molecule has 3 fully saturated rings. The van der Waals surface area contributed by atoms with E-state index in [0.29, 0.717) is 23.1 Å². The molecule has 4 aliphatic carbocycles. The van der Waals surface area contributed by atoms with Crippen molar-refractivity contribution < 1.29 is 19.1 Å². The number of hydrogen-bond acceptors (Lipinski definition) is 4. The van der Waals surface area contributed by atoms with Crippen LogP contribution in [0.4, 0.5) is 5.69 Å². The molecule has 5 aliphatic rings. The lowest BCUT2D eigenvalue weighted by Gasteiger charge is -2.37. The first-order valence-corrected chi connectivity index (χ1v) is 8.36. The van der Waals surface area contributed by atoms with Crippen LogP contribution >= 0.6 is 0 Å². The van der Waals surface area contributed by atoms with Gasteiger partial charge in [0.15, 0.2) is 0 Å². The van der Waals surface area contributed by atoms with E-state index in [-0.39, 0.29) is 35.5 Å². The molecule has 5 nitrogen and oxygen atoms in total. The first-order valence-electron chi connectivity index (χ1n) is 8.36. The third-order valence-corrected chi connectivity index (χ3v) is 6.21. The lowest BCUT2D eigenvalue weighted by Crippen LogP contribution is -2.40. The number of nitrogens with zero attached hydrogens (tertiary/aromatic N) is 1. The summed E-state index contributed by atoms with van der Waals surface area (Å²) in [4.78, 5) is 38.8. The number of imide groups is 1. The van der Waals surface area contributed by atoms with Crippen molar-refractivity contribution in [1.29, 1.82) is 0 Å². The average Bonchev–Trinajstić information content (AvgIpc) is 3.39. The zero-order valence-electron chi connectivity index (χ0n) is 13.2. The van der Waals surface area contributed by atoms with E-state index in [0.717, 1.165) is 6.42 Å². The van der Waals surface area contributed by atoms with Crippen LogP contribution in [0, 0.1) is 35.5 Å². The van der Waals surface area contributed by atoms with E-state index >= 15 is 0 Å². The van der Waals surface area contributed by atoms with Crippen molar-refractivity contribution in [2.24, 2.45) is 35.5 Å². The Kier molecular flexibility index (Phi) is 2.65. The Morgan fingerprint density at radius 3 is 2.04 bits per heavy atom. The first-order chi connectivity index (χ1) is 11.6. The lowest BCUT2D eigenvalue weighted by atomic mass is 9.63. The summed E-state index contributed by atoms with van der Waals surface area (Å²) in [5.74, 6) is 0.645. The Bertz CT molecular complexity index is 760. The van der Waals surface area contributed by atoms with Gasteiger partial charge in [0, 0.05) is 0 Å². The van der Waals surface area contributed by atoms with Crippen molar-refractivity contribution in [2.45, 2.75) is 6.42 Å². The minimum absolute atomic E-state index is 0.0829. The van der Waals surface area contributed by atoms with Gasteiger partial charge in [0.05, 0.1) is 30.2 Å². The Hall–Kier alpha value is -2.43. The van der Waals surface area contributed by atoms with E-state index in [4.69, 9.17) is 0 Å². The first kappa shape index (κ1) is 14.0. The summed E-state index contributed by atoms with van der Waals surface area (Å²) < 4.78 is 4.68. The van der Waals surface area contributed by atoms with Crippen LogP contribution < -0.4 is 4.90 Å². The molecule has 0 aromatic heterocycles. The molecule has 5 heteroatoms. The topological polar surface area (TPSA) is 63.7 Å². The van der Waals surface area contributed by atoms with E-state index in [9.17, 15) is 14.4 Å². The van der Waals surface area contributed by atoms with Crippen LogP contribution in [0.1, 0.15) is 16.8 Å². The van der Waals surface area contributed by atoms with Crippen LogP contribution in [-0.2, 0) is 14.3 Å². The van der Waals surface area contributed by atoms with Gasteiger partial charge in [-0.05, 0) is 54.4 Å². The fourth-order valence-corrected chi connectivity index (χ4v) is 5.08. The standard InChI is InChI=1S/C19H17NO4/c1-24-19(23)9-2-4-10(5-3-9)20-17(21)15-11-6-7-12(14-8-13(11)14)16(15)18(20)22/h2-7,11-16H,8H2,1H3/t11-,12+,13-,14-,15-,16+/m0/s1. The molecule has 0 N–H and O–H groups in total. The number of carbonyl (C=O) groups is 3. The van der Waals surface area contributed by atoms with E-state index in [1.54, 1.807) is 24.3 Å². The molecule has 0 radical (unpaired) electrons. The van der Waals surface area contributed by atoms with Crippen molar-refractivity contribution in [3.63, 3.8) is 0 Å². The van der Waals surface area contributed by atoms with Crippen LogP contribution in [0.3, 0.4) is 0 Å². The molecule has 24 heavy (non-hydrogen) atoms. The minimum Gasteiger partial charge on any atom is -0.465 e. The highest BCUT2D eigenvalue weighted by Crippen LogP contribution is 2.65. The largest absolute Gasteiger partial charge is 0.465 e. The molecule has 1 heterocycles. The number of anilines is 1. The highest BCUT2D eigenvalue weighted by Gasteiger charge is 2.67. The van der Waals surface area contributed by atoms with E-state index in [1.165, 1.54) is 12.0 Å². The number of hydrogen-bond donors (Lipinski definition) is 0. The zero-order valence-corrected chi connectivity index (χ0v) is 13.2. The molecule has 1 aliphatic heterocycles. The summed E-state index contributed by atoms with van der Waals surface area (Å²) >= 11 is 0. The van der Waals surface area contributed by atoms with Crippen LogP contribution in [-0.4, -0.2) is 24.9 Å². The van der Waals surface area contributed by atoms with Gasteiger partial charge in [-0.3, -0.25) is 14.5 Å². The summed E-state index contributed by atoms with van der Waals surface area (Å²) in [6, 6.07) is 6.48. The molecule has 2 bridgehead atoms. The molecule has 6 rings (SSSR count). The quantitative estimate of drug-likeness (QED) is 0.475. The molecule has 1 aromatic rings. The Morgan fingerprint density at radius 1 is 1.00 bits per heavy atom. The van der Waals surface area contributed by atoms with Crippen molar-refractivity contribution in [2.75, 3.05) is 12.0 Å². The van der Waals surface area contributed by atoms with Crippen LogP contribution in [0.15, 0.2) is 36.4 Å². The molecule has 1 aromatic carbocycles. The van der Waals surface area contributed by atoms with Gasteiger partial charge in [0.2, 0.25) is 11.8 Å². The van der Waals surface area contributed by atoms with Crippen LogP contribution in [0.5, 0.6) is 0 Å². The maximum absolute atomic E-state index is 13.0. The van der Waals surface area contributed by atoms with Crippen molar-refractivity contribution in [3.05, 3.63) is 42.0 Å². The molecular formula is C19H17NO4. The molecular weight excluding hydrogens is 306 g/mol. The number of carbonyl (C=O) groups excluding carboxylic acids is 3. The summed E-state index contributed by atoms with van der Waals surface area (Å²) in [5.41, 5.74) is 0.945. The zero-order chi connectivity index (χ0) is 16.6. The second-order valence-corrected chi connectivity index (χ2v) is 7.20. The Morgan fingerprint density at radius 2 is 1.54 bits per heavy atom. The summed E-state index contributed by atoms with van der Waals surface area (Å²) in [7, 11) is 1.32. The SMILES string of the molecule is COC(=O)c1ccc(N2C(=O)[C@@H]3[C@@H]4C=C[C@@H]([C@@H]5C[C@@H]45)[C@@H]3C2=O)cc1. The lowest BCUT2D eigenvalue weighted by molar-refractivity contribution is -0.124. The molecule has 2 saturated carbocycles. The maximum atomic E-state index is 13.0. The molecule has 2 amide bonds. The number of methoxy groups -OCH3 is 1. The van der Waals surface area contributed by atoms with Gasteiger partial charge in [-0.2, -0.15) is 0 Å². The highest BCUT2D eigenvalue weighted by atomic mass is 16.5. The number of ether oxygens (including phenoxy) is 1. The number of amides is 2. The van der Waals surface area contributed by atoms with Crippen LogP contribution in [0.2, 0.25) is 0 Å². The third kappa shape index (κ3) is 1.62. The monoisotopic (exact) mass is 323 g/mol. The van der Waals surface area contributed by atoms with E-state index in [1.807, 2.05) is 0 Å². The van der Waals surface area contributed by atoms with Gasteiger partial charge in [0.25, 0.3) is 0 Å². The average molecular weight is 323 g/mol. The predicted octanol–water partition coefficient (Wildman–Crippen LogP) is 2.03. The van der Waals surface area contributed by atoms with Crippen molar-refractivity contribution in [1.82, 2.24) is 0 Å². The van der Waals surface area contributed by atoms with Gasteiger partial charge >= 0.3 is 5.97 Å². The van der Waals surface area contributed by atoms with Gasteiger partial charge in [0.1, 0.15) is 0 Å². The van der Waals surface area contributed by atoms with Gasteiger partial charge in [-0.25, -0.2) is 4.79 Å². The normalized spacial score (nSPS) is 38.1. The van der Waals surface area contributed by atoms with E-state index in [2.05, 4.69) is 16.9 Å². The van der Waals surface area contributed by atoms with E-state index < -0.39 is 5.97 Å². The molecule has 0 unspecified atom stereocenters. The number of allylic oxidation sites excluding steroid dienone is 2. The smallest absolute Gasteiger partial charge is 0.337 e. The van der Waals surface area contributed by atoms with Gasteiger partial charge in [-0.1, -0.05) is 12.2 Å². The Balaban J connectivity index is 1.49. The minimum atomic E-state index is -0.434. The van der Waals surface area contributed by atoms with Crippen molar-refractivity contribution in [3.8, 4) is 0 Å². The fraction of sp³-hybridized carbons (Fsp3) is 0.421. The second-order valence-electron chi connectivity index (χ2n) is 7.20. The number of rotatable bonds is 2. The predicted molar refractivity (Wildman–Crippen MR) is 85.0 cm³/mol. The summed E-state index contributed by atoms with van der Waals surface area (Å²) in [6.45, 7) is 0. The molecule has 1 saturated heterocycles. The number of esters is 1. The molecule has 6 atom stereocenters. The highest BCUT2D eigenvalue weighted by molar-refractivity contribution is 6.22. The molecule has 122 valence electrons. The number of benzene rings is 1. The molecule has 0 spiro atoms.